The lowest BCUT2D eigenvalue weighted by Crippen LogP contribution is -3.00. The van der Waals surface area contributed by atoms with Gasteiger partial charge in [0.25, 0.3) is 5.82 Å². The number of carbonyl (C=O) groups is 2. The summed E-state index contributed by atoms with van der Waals surface area (Å²) >= 11 is 0. The normalized spacial score (nSPS) is 12.7. The zero-order valence-electron chi connectivity index (χ0n) is 15.2. The standard InChI is InChI=1S/C21H21N2O2.HI/c1-4-5-10-23-13(2)22(3)18-19(23)21(25)17-12-15-9-7-6-8-14(15)11-16(17)20(18)24;/h6-9,11-12H,4-5,10H2,1-3H3;1H/q+1;/p-1. The topological polar surface area (TPSA) is 43.0 Å². The molecule has 5 heteroatoms. The van der Waals surface area contributed by atoms with E-state index >= 15 is 0 Å². The number of hydrogen-bond acceptors (Lipinski definition) is 2. The summed E-state index contributed by atoms with van der Waals surface area (Å²) in [5.74, 6) is 0.837. The summed E-state index contributed by atoms with van der Waals surface area (Å²) in [5.41, 5.74) is 2.09. The molecule has 0 spiro atoms. The minimum atomic E-state index is -0.0591. The van der Waals surface area contributed by atoms with Gasteiger partial charge in [0.15, 0.2) is 0 Å². The van der Waals surface area contributed by atoms with Gasteiger partial charge in [-0.3, -0.25) is 9.59 Å². The molecule has 1 aliphatic rings. The highest BCUT2D eigenvalue weighted by Gasteiger charge is 2.42. The average molecular weight is 460 g/mol. The molecule has 3 aromatic rings. The van der Waals surface area contributed by atoms with Gasteiger partial charge in [-0.1, -0.05) is 37.6 Å². The fourth-order valence-electron chi connectivity index (χ4n) is 3.74. The Kier molecular flexibility index (Phi) is 5.01. The molecule has 0 saturated heterocycles. The lowest BCUT2D eigenvalue weighted by atomic mass is 9.87. The first-order valence-corrected chi connectivity index (χ1v) is 8.76. The summed E-state index contributed by atoms with van der Waals surface area (Å²) in [4.78, 5) is 26.4. The van der Waals surface area contributed by atoms with Crippen molar-refractivity contribution in [2.24, 2.45) is 7.05 Å². The summed E-state index contributed by atoms with van der Waals surface area (Å²) < 4.78 is 3.88. The predicted molar refractivity (Wildman–Crippen MR) is 96.1 cm³/mol. The van der Waals surface area contributed by atoms with E-state index in [0.717, 1.165) is 36.0 Å². The van der Waals surface area contributed by atoms with Crippen molar-refractivity contribution in [3.05, 3.63) is 64.7 Å². The van der Waals surface area contributed by atoms with Crippen LogP contribution in [0.15, 0.2) is 36.4 Å². The molecule has 0 amide bonds. The van der Waals surface area contributed by atoms with Crippen LogP contribution in [0.2, 0.25) is 0 Å². The van der Waals surface area contributed by atoms with Crippen molar-refractivity contribution in [2.75, 3.05) is 0 Å². The van der Waals surface area contributed by atoms with Crippen LogP contribution < -0.4 is 28.5 Å². The highest BCUT2D eigenvalue weighted by Crippen LogP contribution is 2.30. The summed E-state index contributed by atoms with van der Waals surface area (Å²) in [5, 5.41) is 1.97. The number of benzene rings is 2. The minimum absolute atomic E-state index is 0. The van der Waals surface area contributed by atoms with Gasteiger partial charge in [-0.25, -0.2) is 9.13 Å². The van der Waals surface area contributed by atoms with E-state index in [4.69, 9.17) is 0 Å². The van der Waals surface area contributed by atoms with Gasteiger partial charge in [0, 0.05) is 18.1 Å². The Morgan fingerprint density at radius 2 is 1.58 bits per heavy atom. The molecule has 0 fully saturated rings. The van der Waals surface area contributed by atoms with Crippen LogP contribution in [0.3, 0.4) is 0 Å². The maximum Gasteiger partial charge on any atom is 0.254 e. The Morgan fingerprint density at radius 3 is 2.15 bits per heavy atom. The third-order valence-corrected chi connectivity index (χ3v) is 5.25. The molecule has 0 radical (unpaired) electrons. The lowest BCUT2D eigenvalue weighted by Gasteiger charge is -2.14. The Bertz CT molecular complexity index is 1050. The second-order valence-electron chi connectivity index (χ2n) is 6.71. The second kappa shape index (κ2) is 6.95. The van der Waals surface area contributed by atoms with E-state index in [1.54, 1.807) is 0 Å². The molecular weight excluding hydrogens is 439 g/mol. The molecule has 26 heavy (non-hydrogen) atoms. The van der Waals surface area contributed by atoms with Crippen molar-refractivity contribution in [3.63, 3.8) is 0 Å². The Balaban J connectivity index is 0.00000196. The number of carbonyl (C=O) groups excluding carboxylic acids is 2. The smallest absolute Gasteiger partial charge is 0.254 e. The van der Waals surface area contributed by atoms with Gasteiger partial charge in [0.05, 0.1) is 13.6 Å². The Morgan fingerprint density at radius 1 is 1.00 bits per heavy atom. The maximum absolute atomic E-state index is 13.3. The zero-order chi connectivity index (χ0) is 17.7. The first-order valence-electron chi connectivity index (χ1n) is 8.76. The van der Waals surface area contributed by atoms with E-state index in [9.17, 15) is 9.59 Å². The van der Waals surface area contributed by atoms with E-state index in [1.807, 2.05) is 59.5 Å². The molecule has 1 aromatic heterocycles. The molecule has 1 heterocycles. The zero-order valence-corrected chi connectivity index (χ0v) is 17.3. The first kappa shape index (κ1) is 18.8. The average Bonchev–Trinajstić information content (AvgIpc) is 2.88. The highest BCUT2D eigenvalue weighted by molar-refractivity contribution is 6.27. The number of unbranched alkanes of at least 4 members (excludes halogenated alkanes) is 1. The molecule has 0 N–H and O–H groups in total. The molecule has 4 nitrogen and oxygen atoms in total. The highest BCUT2D eigenvalue weighted by atomic mass is 127. The molecule has 0 aliphatic heterocycles. The number of halogens is 1. The van der Waals surface area contributed by atoms with E-state index in [1.165, 1.54) is 0 Å². The number of hydrogen-bond donors (Lipinski definition) is 0. The van der Waals surface area contributed by atoms with Crippen LogP contribution in [0.4, 0.5) is 0 Å². The van der Waals surface area contributed by atoms with Crippen molar-refractivity contribution >= 4 is 22.3 Å². The maximum atomic E-state index is 13.3. The summed E-state index contributed by atoms with van der Waals surface area (Å²) in [6, 6.07) is 11.6. The molecule has 0 unspecified atom stereocenters. The van der Waals surface area contributed by atoms with Crippen LogP contribution in [0.5, 0.6) is 0 Å². The largest absolute Gasteiger partial charge is 1.00 e. The molecule has 2 aromatic carbocycles. The fourth-order valence-corrected chi connectivity index (χ4v) is 3.74. The lowest BCUT2D eigenvalue weighted by molar-refractivity contribution is -0.679. The number of aromatic nitrogens is 2. The van der Waals surface area contributed by atoms with Crippen LogP contribution in [-0.4, -0.2) is 16.1 Å². The van der Waals surface area contributed by atoms with Gasteiger partial charge in [-0.05, 0) is 29.3 Å². The van der Waals surface area contributed by atoms with E-state index in [2.05, 4.69) is 6.92 Å². The third kappa shape index (κ3) is 2.60. The monoisotopic (exact) mass is 460 g/mol. The SMILES string of the molecule is CCCCn1c2c([n+](C)c1C)C(=O)c1cc3ccccc3cc1C2=O.[I-]. The third-order valence-electron chi connectivity index (χ3n) is 5.25. The van der Waals surface area contributed by atoms with Gasteiger partial charge >= 0.3 is 0 Å². The predicted octanol–water partition coefficient (Wildman–Crippen LogP) is 0.354. The summed E-state index contributed by atoms with van der Waals surface area (Å²) in [6.07, 6.45) is 2.02. The quantitative estimate of drug-likeness (QED) is 0.327. The van der Waals surface area contributed by atoms with Crippen molar-refractivity contribution < 1.29 is 38.1 Å². The number of rotatable bonds is 3. The molecular formula is C21H21IN2O2. The van der Waals surface area contributed by atoms with Gasteiger partial charge in [-0.15, -0.1) is 0 Å². The van der Waals surface area contributed by atoms with Crippen LogP contribution >= 0.6 is 0 Å². The van der Waals surface area contributed by atoms with Crippen LogP contribution in [0.25, 0.3) is 10.8 Å². The molecule has 134 valence electrons. The fraction of sp³-hybridized carbons (Fsp3) is 0.286. The second-order valence-corrected chi connectivity index (χ2v) is 6.71. The number of nitrogens with zero attached hydrogens (tertiary/aromatic N) is 2. The van der Waals surface area contributed by atoms with Crippen LogP contribution in [0, 0.1) is 6.92 Å². The Hall–Kier alpha value is -2.02. The van der Waals surface area contributed by atoms with E-state index in [0.29, 0.717) is 22.5 Å². The summed E-state index contributed by atoms with van der Waals surface area (Å²) in [6.45, 7) is 4.85. The van der Waals surface area contributed by atoms with Gasteiger partial charge in [0.1, 0.15) is 0 Å². The number of ketones is 2. The van der Waals surface area contributed by atoms with E-state index < -0.39 is 0 Å². The Labute approximate surface area is 169 Å². The van der Waals surface area contributed by atoms with Crippen molar-refractivity contribution in [1.29, 1.82) is 0 Å². The minimum Gasteiger partial charge on any atom is -1.00 e. The van der Waals surface area contributed by atoms with Gasteiger partial charge in [0.2, 0.25) is 23.0 Å². The first-order chi connectivity index (χ1) is 12.0. The van der Waals surface area contributed by atoms with E-state index in [-0.39, 0.29) is 35.5 Å². The molecule has 1 aliphatic carbocycles. The molecule has 0 bridgehead atoms. The molecule has 0 atom stereocenters. The van der Waals surface area contributed by atoms with Crippen LogP contribution in [0.1, 0.15) is 57.7 Å². The molecule has 4 rings (SSSR count). The van der Waals surface area contributed by atoms with Gasteiger partial charge in [-0.2, -0.15) is 0 Å². The van der Waals surface area contributed by atoms with Gasteiger partial charge < -0.3 is 24.0 Å². The number of fused-ring (bicyclic) bond motifs is 3. The van der Waals surface area contributed by atoms with Crippen molar-refractivity contribution in [2.45, 2.75) is 33.2 Å². The molecule has 0 saturated carbocycles. The van der Waals surface area contributed by atoms with Crippen LogP contribution in [-0.2, 0) is 13.6 Å². The van der Waals surface area contributed by atoms with Crippen molar-refractivity contribution in [1.82, 2.24) is 4.57 Å². The summed E-state index contributed by atoms with van der Waals surface area (Å²) in [7, 11) is 1.87. The van der Waals surface area contributed by atoms with Crippen molar-refractivity contribution in [3.8, 4) is 0 Å². The number of imidazole rings is 1.